The van der Waals surface area contributed by atoms with Gasteiger partial charge in [-0.15, -0.1) is 0 Å². The second-order valence-corrected chi connectivity index (χ2v) is 5.33. The van der Waals surface area contributed by atoms with E-state index in [1.54, 1.807) is 7.11 Å². The van der Waals surface area contributed by atoms with Crippen molar-refractivity contribution in [2.45, 2.75) is 44.9 Å². The highest BCUT2D eigenvalue weighted by molar-refractivity contribution is 5.30. The maximum atomic E-state index is 6.08. The van der Waals surface area contributed by atoms with Crippen LogP contribution in [0.3, 0.4) is 0 Å². The molecule has 0 aliphatic carbocycles. The Balaban J connectivity index is 2.26. The predicted octanol–water partition coefficient (Wildman–Crippen LogP) is 2.71. The molecule has 1 heterocycles. The maximum Gasteiger partial charge on any atom is 0.0716 e. The molecule has 1 aromatic carbocycles. The average molecular weight is 262 g/mol. The van der Waals surface area contributed by atoms with E-state index < -0.39 is 0 Å². The fraction of sp³-hybridized carbons (Fsp3) is 0.625. The van der Waals surface area contributed by atoms with Crippen molar-refractivity contribution in [3.63, 3.8) is 0 Å². The van der Waals surface area contributed by atoms with Gasteiger partial charge in [-0.05, 0) is 36.9 Å². The molecule has 0 bridgehead atoms. The number of hydrogen-bond acceptors (Lipinski definition) is 3. The third-order valence-corrected chi connectivity index (χ3v) is 4.23. The van der Waals surface area contributed by atoms with Crippen molar-refractivity contribution in [2.75, 3.05) is 20.2 Å². The van der Waals surface area contributed by atoms with Crippen LogP contribution < -0.4 is 5.73 Å². The first-order valence-corrected chi connectivity index (χ1v) is 7.34. The lowest BCUT2D eigenvalue weighted by atomic mass is 9.98. The third-order valence-electron chi connectivity index (χ3n) is 4.23. The minimum atomic E-state index is 0.332. The van der Waals surface area contributed by atoms with Crippen LogP contribution in [0.5, 0.6) is 0 Å². The van der Waals surface area contributed by atoms with E-state index in [4.69, 9.17) is 10.5 Å². The molecule has 0 radical (unpaired) electrons. The Labute approximate surface area is 116 Å². The molecule has 1 fully saturated rings. The van der Waals surface area contributed by atoms with Crippen LogP contribution in [0.4, 0.5) is 0 Å². The van der Waals surface area contributed by atoms with E-state index in [0.717, 1.165) is 0 Å². The lowest BCUT2D eigenvalue weighted by Gasteiger charge is -2.33. The Morgan fingerprint density at radius 3 is 2.89 bits per heavy atom. The molecule has 106 valence electrons. The van der Waals surface area contributed by atoms with Crippen molar-refractivity contribution in [2.24, 2.45) is 5.73 Å². The summed E-state index contributed by atoms with van der Waals surface area (Å²) < 4.78 is 5.32. The lowest BCUT2D eigenvalue weighted by molar-refractivity contribution is 0.166. The molecule has 3 nitrogen and oxygen atoms in total. The number of likely N-dealkylation sites (tertiary alicyclic amines) is 1. The SMILES string of the molecule is CCC1CCCN1C(CN)c1ccccc1COC. The first-order chi connectivity index (χ1) is 9.31. The number of nitrogens with zero attached hydrogens (tertiary/aromatic N) is 1. The van der Waals surface area contributed by atoms with Crippen LogP contribution in [-0.4, -0.2) is 31.1 Å². The average Bonchev–Trinajstić information content (AvgIpc) is 2.90. The molecule has 0 amide bonds. The summed E-state index contributed by atoms with van der Waals surface area (Å²) in [5.41, 5.74) is 8.69. The number of methoxy groups -OCH3 is 1. The van der Waals surface area contributed by atoms with E-state index in [2.05, 4.69) is 36.1 Å². The fourth-order valence-corrected chi connectivity index (χ4v) is 3.29. The monoisotopic (exact) mass is 262 g/mol. The van der Waals surface area contributed by atoms with Crippen molar-refractivity contribution < 1.29 is 4.74 Å². The number of hydrogen-bond donors (Lipinski definition) is 1. The van der Waals surface area contributed by atoms with Crippen LogP contribution >= 0.6 is 0 Å². The highest BCUT2D eigenvalue weighted by Gasteiger charge is 2.30. The lowest BCUT2D eigenvalue weighted by Crippen LogP contribution is -2.37. The fourth-order valence-electron chi connectivity index (χ4n) is 3.29. The molecule has 1 aromatic rings. The molecular weight excluding hydrogens is 236 g/mol. The number of benzene rings is 1. The van der Waals surface area contributed by atoms with Gasteiger partial charge in [-0.3, -0.25) is 4.90 Å². The molecule has 2 unspecified atom stereocenters. The van der Waals surface area contributed by atoms with Crippen LogP contribution in [-0.2, 0) is 11.3 Å². The van der Waals surface area contributed by atoms with E-state index in [-0.39, 0.29) is 0 Å². The van der Waals surface area contributed by atoms with Gasteiger partial charge >= 0.3 is 0 Å². The summed E-state index contributed by atoms with van der Waals surface area (Å²) in [4.78, 5) is 2.59. The summed E-state index contributed by atoms with van der Waals surface area (Å²) >= 11 is 0. The molecule has 2 rings (SSSR count). The molecule has 2 N–H and O–H groups in total. The van der Waals surface area contributed by atoms with E-state index in [1.807, 2.05) is 0 Å². The zero-order valence-corrected chi connectivity index (χ0v) is 12.1. The molecule has 3 heteroatoms. The Kier molecular flexibility index (Phi) is 5.37. The van der Waals surface area contributed by atoms with Crippen LogP contribution in [0.15, 0.2) is 24.3 Å². The Morgan fingerprint density at radius 1 is 1.42 bits per heavy atom. The molecular formula is C16H26N2O. The van der Waals surface area contributed by atoms with Gasteiger partial charge in [-0.1, -0.05) is 31.2 Å². The second kappa shape index (κ2) is 7.04. The van der Waals surface area contributed by atoms with Gasteiger partial charge in [0.15, 0.2) is 0 Å². The Hall–Kier alpha value is -0.900. The van der Waals surface area contributed by atoms with Gasteiger partial charge in [0.2, 0.25) is 0 Å². The second-order valence-electron chi connectivity index (χ2n) is 5.33. The first kappa shape index (κ1) is 14.5. The topological polar surface area (TPSA) is 38.5 Å². The molecule has 0 saturated carbocycles. The summed E-state index contributed by atoms with van der Waals surface area (Å²) in [5, 5.41) is 0. The zero-order chi connectivity index (χ0) is 13.7. The molecule has 0 spiro atoms. The van der Waals surface area contributed by atoms with Gasteiger partial charge in [0.05, 0.1) is 6.61 Å². The summed E-state index contributed by atoms with van der Waals surface area (Å²) in [6, 6.07) is 9.55. The molecule has 2 atom stereocenters. The Morgan fingerprint density at radius 2 is 2.21 bits per heavy atom. The smallest absolute Gasteiger partial charge is 0.0716 e. The predicted molar refractivity (Wildman–Crippen MR) is 79.0 cm³/mol. The van der Waals surface area contributed by atoms with Gasteiger partial charge in [-0.25, -0.2) is 0 Å². The highest BCUT2D eigenvalue weighted by atomic mass is 16.5. The van der Waals surface area contributed by atoms with E-state index in [1.165, 1.54) is 36.9 Å². The molecule has 1 saturated heterocycles. The van der Waals surface area contributed by atoms with Crippen LogP contribution in [0.2, 0.25) is 0 Å². The van der Waals surface area contributed by atoms with Crippen molar-refractivity contribution >= 4 is 0 Å². The van der Waals surface area contributed by atoms with Gasteiger partial charge in [0, 0.05) is 25.7 Å². The summed E-state index contributed by atoms with van der Waals surface area (Å²) in [6.07, 6.45) is 3.81. The van der Waals surface area contributed by atoms with Gasteiger partial charge in [-0.2, -0.15) is 0 Å². The number of rotatable bonds is 6. The summed E-state index contributed by atoms with van der Waals surface area (Å²) in [5.74, 6) is 0. The van der Waals surface area contributed by atoms with Gasteiger partial charge in [0.1, 0.15) is 0 Å². The minimum absolute atomic E-state index is 0.332. The highest BCUT2D eigenvalue weighted by Crippen LogP contribution is 2.32. The van der Waals surface area contributed by atoms with E-state index in [0.29, 0.717) is 25.2 Å². The number of ether oxygens (including phenoxy) is 1. The Bertz CT molecular complexity index is 394. The van der Waals surface area contributed by atoms with E-state index >= 15 is 0 Å². The summed E-state index contributed by atoms with van der Waals surface area (Å²) in [7, 11) is 1.75. The van der Waals surface area contributed by atoms with Gasteiger partial charge in [0.25, 0.3) is 0 Å². The molecule has 0 aromatic heterocycles. The summed E-state index contributed by atoms with van der Waals surface area (Å²) in [6.45, 7) is 4.79. The maximum absolute atomic E-state index is 6.08. The first-order valence-electron chi connectivity index (χ1n) is 7.34. The van der Waals surface area contributed by atoms with Crippen molar-refractivity contribution in [1.29, 1.82) is 0 Å². The van der Waals surface area contributed by atoms with Crippen molar-refractivity contribution in [3.05, 3.63) is 35.4 Å². The van der Waals surface area contributed by atoms with Gasteiger partial charge < -0.3 is 10.5 Å². The largest absolute Gasteiger partial charge is 0.380 e. The van der Waals surface area contributed by atoms with Crippen molar-refractivity contribution in [1.82, 2.24) is 4.90 Å². The molecule has 19 heavy (non-hydrogen) atoms. The normalized spacial score (nSPS) is 21.7. The van der Waals surface area contributed by atoms with Crippen LogP contribution in [0, 0.1) is 0 Å². The number of nitrogens with two attached hydrogens (primary N) is 1. The third kappa shape index (κ3) is 3.16. The van der Waals surface area contributed by atoms with Crippen LogP contribution in [0.25, 0.3) is 0 Å². The molecule has 1 aliphatic rings. The minimum Gasteiger partial charge on any atom is -0.380 e. The van der Waals surface area contributed by atoms with E-state index in [9.17, 15) is 0 Å². The standard InChI is InChI=1S/C16H26N2O/c1-3-14-8-6-10-18(14)16(11-17)15-9-5-4-7-13(15)12-19-2/h4-5,7,9,14,16H,3,6,8,10-12,17H2,1-2H3. The zero-order valence-electron chi connectivity index (χ0n) is 12.1. The quantitative estimate of drug-likeness (QED) is 0.856. The van der Waals surface area contributed by atoms with Crippen LogP contribution in [0.1, 0.15) is 43.4 Å². The molecule has 1 aliphatic heterocycles. The van der Waals surface area contributed by atoms with Crippen molar-refractivity contribution in [3.8, 4) is 0 Å².